The lowest BCUT2D eigenvalue weighted by molar-refractivity contribution is -0.386. The van der Waals surface area contributed by atoms with E-state index >= 15 is 0 Å². The van der Waals surface area contributed by atoms with Crippen molar-refractivity contribution in [3.8, 4) is 0 Å². The summed E-state index contributed by atoms with van der Waals surface area (Å²) >= 11 is 0. The molecule has 1 aromatic rings. The van der Waals surface area contributed by atoms with E-state index in [-0.39, 0.29) is 29.3 Å². The topological polar surface area (TPSA) is 119 Å². The number of nitrogens with zero attached hydrogens (tertiary/aromatic N) is 4. The maximum absolute atomic E-state index is 12.4. The molecule has 9 heteroatoms. The first-order valence-electron chi connectivity index (χ1n) is 8.44. The van der Waals surface area contributed by atoms with Gasteiger partial charge >= 0.3 is 11.7 Å². The molecule has 1 N–H and O–H groups in total. The van der Waals surface area contributed by atoms with Crippen LogP contribution in [-0.4, -0.2) is 49.7 Å². The zero-order valence-corrected chi connectivity index (χ0v) is 14.4. The van der Waals surface area contributed by atoms with E-state index < -0.39 is 10.9 Å². The van der Waals surface area contributed by atoms with Crippen LogP contribution in [0.3, 0.4) is 0 Å². The van der Waals surface area contributed by atoms with Gasteiger partial charge in [0.1, 0.15) is 11.4 Å². The Kier molecular flexibility index (Phi) is 4.26. The lowest BCUT2D eigenvalue weighted by Crippen LogP contribution is -2.40. The minimum atomic E-state index is -0.731. The number of carboxylic acid groups (broad SMARTS) is 1. The van der Waals surface area contributed by atoms with Crippen LogP contribution in [0.1, 0.15) is 37.1 Å². The van der Waals surface area contributed by atoms with E-state index in [1.807, 2.05) is 0 Å². The molecule has 1 atom stereocenters. The van der Waals surface area contributed by atoms with Crippen molar-refractivity contribution in [1.29, 1.82) is 0 Å². The molecular formula is C16H22N4O5. The second-order valence-corrected chi connectivity index (χ2v) is 7.09. The maximum Gasteiger partial charge on any atom is 0.312 e. The summed E-state index contributed by atoms with van der Waals surface area (Å²) in [4.78, 5) is 35.8. The fourth-order valence-corrected chi connectivity index (χ4v) is 3.98. The van der Waals surface area contributed by atoms with Crippen LogP contribution in [0.4, 0.5) is 5.69 Å². The predicted octanol–water partition coefficient (Wildman–Crippen LogP) is 1.51. The number of rotatable bonds is 5. The van der Waals surface area contributed by atoms with E-state index in [1.165, 1.54) is 4.68 Å². The Labute approximate surface area is 144 Å². The van der Waals surface area contributed by atoms with Gasteiger partial charge in [-0.25, -0.2) is 0 Å². The summed E-state index contributed by atoms with van der Waals surface area (Å²) in [6.45, 7) is 4.69. The quantitative estimate of drug-likeness (QED) is 0.635. The molecule has 1 amide bonds. The van der Waals surface area contributed by atoms with Crippen LogP contribution in [-0.2, 0) is 16.1 Å². The molecule has 0 aromatic carbocycles. The number of aliphatic carboxylic acids is 1. The molecule has 0 bridgehead atoms. The van der Waals surface area contributed by atoms with Crippen molar-refractivity contribution in [3.05, 3.63) is 21.5 Å². The van der Waals surface area contributed by atoms with Gasteiger partial charge in [-0.2, -0.15) is 5.10 Å². The lowest BCUT2D eigenvalue weighted by Gasteiger charge is -2.32. The van der Waals surface area contributed by atoms with Crippen LogP contribution in [0.25, 0.3) is 0 Å². The molecule has 2 aliphatic rings. The van der Waals surface area contributed by atoms with Crippen molar-refractivity contribution in [2.24, 2.45) is 11.3 Å². The van der Waals surface area contributed by atoms with Gasteiger partial charge in [0.25, 0.3) is 0 Å². The van der Waals surface area contributed by atoms with Crippen LogP contribution in [0.5, 0.6) is 0 Å². The summed E-state index contributed by atoms with van der Waals surface area (Å²) in [5, 5.41) is 24.3. The predicted molar refractivity (Wildman–Crippen MR) is 87.0 cm³/mol. The Hall–Kier alpha value is -2.45. The van der Waals surface area contributed by atoms with Crippen molar-refractivity contribution in [2.45, 2.75) is 46.1 Å². The minimum Gasteiger partial charge on any atom is -0.481 e. The molecule has 1 spiro atoms. The van der Waals surface area contributed by atoms with E-state index in [4.69, 9.17) is 5.11 Å². The summed E-state index contributed by atoms with van der Waals surface area (Å²) in [5.74, 6) is -0.997. The van der Waals surface area contributed by atoms with E-state index in [0.717, 1.165) is 19.3 Å². The van der Waals surface area contributed by atoms with Crippen molar-refractivity contribution in [3.63, 3.8) is 0 Å². The van der Waals surface area contributed by atoms with Gasteiger partial charge in [0.05, 0.1) is 17.4 Å². The van der Waals surface area contributed by atoms with Gasteiger partial charge in [0.2, 0.25) is 5.91 Å². The van der Waals surface area contributed by atoms with Crippen LogP contribution in [0, 0.1) is 35.3 Å². The highest BCUT2D eigenvalue weighted by molar-refractivity contribution is 5.77. The summed E-state index contributed by atoms with van der Waals surface area (Å²) < 4.78 is 1.51. The van der Waals surface area contributed by atoms with E-state index in [1.54, 1.807) is 18.7 Å². The molecule has 1 saturated carbocycles. The number of carbonyl (C=O) groups is 2. The van der Waals surface area contributed by atoms with E-state index in [0.29, 0.717) is 31.0 Å². The first kappa shape index (κ1) is 17.4. The summed E-state index contributed by atoms with van der Waals surface area (Å²) in [6.07, 6.45) is 2.43. The van der Waals surface area contributed by atoms with Gasteiger partial charge < -0.3 is 10.0 Å². The van der Waals surface area contributed by atoms with Gasteiger partial charge in [-0.1, -0.05) is 0 Å². The maximum atomic E-state index is 12.4. The highest BCUT2D eigenvalue weighted by atomic mass is 16.6. The Morgan fingerprint density at radius 3 is 2.48 bits per heavy atom. The molecule has 1 unspecified atom stereocenters. The lowest BCUT2D eigenvalue weighted by atomic mass is 9.90. The van der Waals surface area contributed by atoms with Gasteiger partial charge in [-0.3, -0.25) is 24.4 Å². The Morgan fingerprint density at radius 1 is 1.36 bits per heavy atom. The van der Waals surface area contributed by atoms with Crippen molar-refractivity contribution < 1.29 is 19.6 Å². The third-order valence-electron chi connectivity index (χ3n) is 5.66. The number of likely N-dealkylation sites (tertiary alicyclic amines) is 1. The molecule has 3 rings (SSSR count). The molecule has 1 aromatic heterocycles. The fraction of sp³-hybridized carbons (Fsp3) is 0.688. The third-order valence-corrected chi connectivity index (χ3v) is 5.66. The number of aromatic nitrogens is 2. The number of aryl methyl sites for hydroxylation is 2. The molecule has 136 valence electrons. The largest absolute Gasteiger partial charge is 0.481 e. The van der Waals surface area contributed by atoms with Gasteiger partial charge in [-0.05, 0) is 38.5 Å². The molecule has 2 heterocycles. The average molecular weight is 350 g/mol. The fourth-order valence-electron chi connectivity index (χ4n) is 3.98. The van der Waals surface area contributed by atoms with Crippen LogP contribution in [0.2, 0.25) is 0 Å². The Bertz CT molecular complexity index is 733. The smallest absolute Gasteiger partial charge is 0.312 e. The molecular weight excluding hydrogens is 328 g/mol. The summed E-state index contributed by atoms with van der Waals surface area (Å²) in [7, 11) is 0. The first-order valence-corrected chi connectivity index (χ1v) is 8.44. The SMILES string of the molecule is Cc1nn(CCC(=O)N2CCC3(CC2)CC3C(=O)O)c(C)c1[N+](=O)[O-]. The van der Waals surface area contributed by atoms with Crippen LogP contribution >= 0.6 is 0 Å². The number of piperidine rings is 1. The molecule has 1 saturated heterocycles. The minimum absolute atomic E-state index is 0.000749. The van der Waals surface area contributed by atoms with Crippen LogP contribution < -0.4 is 0 Å². The second kappa shape index (κ2) is 6.12. The molecule has 0 radical (unpaired) electrons. The monoisotopic (exact) mass is 350 g/mol. The second-order valence-electron chi connectivity index (χ2n) is 7.09. The molecule has 2 fully saturated rings. The Balaban J connectivity index is 1.54. The number of hydrogen-bond acceptors (Lipinski definition) is 5. The van der Waals surface area contributed by atoms with Gasteiger partial charge in [0.15, 0.2) is 0 Å². The Morgan fingerprint density at radius 2 is 2.00 bits per heavy atom. The number of hydrogen-bond donors (Lipinski definition) is 1. The highest BCUT2D eigenvalue weighted by Crippen LogP contribution is 2.59. The number of nitro groups is 1. The van der Waals surface area contributed by atoms with Gasteiger partial charge in [0, 0.05) is 19.5 Å². The van der Waals surface area contributed by atoms with Gasteiger partial charge in [-0.15, -0.1) is 0 Å². The summed E-state index contributed by atoms with van der Waals surface area (Å²) in [6, 6.07) is 0. The zero-order chi connectivity index (χ0) is 18.4. The van der Waals surface area contributed by atoms with Crippen molar-refractivity contribution >= 4 is 17.6 Å². The molecule has 1 aliphatic heterocycles. The van der Waals surface area contributed by atoms with Crippen molar-refractivity contribution in [2.75, 3.05) is 13.1 Å². The highest BCUT2D eigenvalue weighted by Gasteiger charge is 2.59. The standard InChI is InChI=1S/C16H22N4O5/c1-10-14(20(24)25)11(2)19(17-10)6-3-13(21)18-7-4-16(5-8-18)9-12(16)15(22)23/h12H,3-9H2,1-2H3,(H,22,23). The molecule has 25 heavy (non-hydrogen) atoms. The number of carbonyl (C=O) groups excluding carboxylic acids is 1. The molecule has 9 nitrogen and oxygen atoms in total. The average Bonchev–Trinajstić information content (AvgIpc) is 3.16. The van der Waals surface area contributed by atoms with Crippen LogP contribution in [0.15, 0.2) is 0 Å². The van der Waals surface area contributed by atoms with Crippen molar-refractivity contribution in [1.82, 2.24) is 14.7 Å². The first-order chi connectivity index (χ1) is 11.7. The molecule has 1 aliphatic carbocycles. The number of carboxylic acids is 1. The third kappa shape index (κ3) is 3.10. The van der Waals surface area contributed by atoms with E-state index in [9.17, 15) is 19.7 Å². The number of amides is 1. The van der Waals surface area contributed by atoms with E-state index in [2.05, 4.69) is 5.10 Å². The zero-order valence-electron chi connectivity index (χ0n) is 14.4. The summed E-state index contributed by atoms with van der Waals surface area (Å²) in [5.41, 5.74) is 0.707. The normalized spacial score (nSPS) is 21.4.